The average molecular weight is 380 g/mol. The Balaban J connectivity index is 1.93. The average Bonchev–Trinajstić information content (AvgIpc) is 3.03. The number of nitrogens with two attached hydrogens (primary N) is 1. The molecule has 0 spiro atoms. The fourth-order valence-corrected chi connectivity index (χ4v) is 3.84. The summed E-state index contributed by atoms with van der Waals surface area (Å²) in [4.78, 5) is 9.62. The lowest BCUT2D eigenvalue weighted by molar-refractivity contribution is 0.264. The van der Waals surface area contributed by atoms with Crippen LogP contribution in [0.1, 0.15) is 59.5 Å². The monoisotopic (exact) mass is 379 g/mol. The van der Waals surface area contributed by atoms with Gasteiger partial charge in [-0.1, -0.05) is 31.7 Å². The van der Waals surface area contributed by atoms with Crippen LogP contribution in [-0.4, -0.2) is 11.1 Å². The van der Waals surface area contributed by atoms with Crippen molar-refractivity contribution in [3.05, 3.63) is 70.6 Å². The maximum atomic E-state index is 5.57. The van der Waals surface area contributed by atoms with Gasteiger partial charge in [-0.3, -0.25) is 0 Å². The Kier molecular flexibility index (Phi) is 5.57. The molecule has 0 bridgehead atoms. The molecule has 1 aliphatic rings. The minimum absolute atomic E-state index is 0.205. The Morgan fingerprint density at radius 2 is 2.04 bits per heavy atom. The summed E-state index contributed by atoms with van der Waals surface area (Å²) in [6.07, 6.45) is 5.52. The molecule has 1 aliphatic carbocycles. The van der Waals surface area contributed by atoms with Gasteiger partial charge in [0.2, 0.25) is 0 Å². The van der Waals surface area contributed by atoms with Gasteiger partial charge in [-0.2, -0.15) is 5.90 Å². The highest BCUT2D eigenvalue weighted by atomic mass is 16.6. The third-order valence-corrected chi connectivity index (χ3v) is 5.49. The topological polar surface area (TPSA) is 73.6 Å². The second kappa shape index (κ2) is 7.76. The quantitative estimate of drug-likeness (QED) is 0.349. The van der Waals surface area contributed by atoms with Crippen molar-refractivity contribution in [2.45, 2.75) is 53.4 Å². The SMILES string of the molecule is C=CCc1c(C)cc(C(=C)/N=C(\ON)c2noc3c2CCC(C)(C)C3)cc1C. The first-order valence-corrected chi connectivity index (χ1v) is 9.59. The fraction of sp³-hybridized carbons (Fsp3) is 0.391. The lowest BCUT2D eigenvalue weighted by Crippen LogP contribution is -2.23. The maximum Gasteiger partial charge on any atom is 0.267 e. The van der Waals surface area contributed by atoms with Crippen LogP contribution in [0.3, 0.4) is 0 Å². The number of aromatic nitrogens is 1. The molecule has 5 heteroatoms. The zero-order valence-electron chi connectivity index (χ0n) is 17.3. The van der Waals surface area contributed by atoms with Crippen LogP contribution < -0.4 is 5.90 Å². The molecule has 0 atom stereocenters. The molecular weight excluding hydrogens is 350 g/mol. The molecule has 5 nitrogen and oxygen atoms in total. The van der Waals surface area contributed by atoms with Crippen LogP contribution in [0.5, 0.6) is 0 Å². The number of aliphatic imine (C=N–C) groups is 1. The number of hydrogen-bond donors (Lipinski definition) is 1. The summed E-state index contributed by atoms with van der Waals surface area (Å²) in [5.74, 6) is 6.66. The van der Waals surface area contributed by atoms with Gasteiger partial charge >= 0.3 is 0 Å². The number of benzene rings is 1. The lowest BCUT2D eigenvalue weighted by atomic mass is 9.77. The highest BCUT2D eigenvalue weighted by molar-refractivity contribution is 5.97. The van der Waals surface area contributed by atoms with Crippen LogP contribution >= 0.6 is 0 Å². The Morgan fingerprint density at radius 1 is 1.36 bits per heavy atom. The van der Waals surface area contributed by atoms with Gasteiger partial charge in [0.1, 0.15) is 5.76 Å². The first-order chi connectivity index (χ1) is 13.3. The number of allylic oxidation sites excluding steroid dienone is 1. The van der Waals surface area contributed by atoms with Crippen LogP contribution in [0, 0.1) is 19.3 Å². The van der Waals surface area contributed by atoms with Crippen LogP contribution in [-0.2, 0) is 24.1 Å². The predicted octanol–water partition coefficient (Wildman–Crippen LogP) is 4.84. The van der Waals surface area contributed by atoms with E-state index < -0.39 is 0 Å². The van der Waals surface area contributed by atoms with Crippen molar-refractivity contribution in [2.24, 2.45) is 16.3 Å². The fourth-order valence-electron chi connectivity index (χ4n) is 3.84. The van der Waals surface area contributed by atoms with Crippen LogP contribution in [0.25, 0.3) is 5.70 Å². The molecule has 2 N–H and O–H groups in total. The van der Waals surface area contributed by atoms with Gasteiger partial charge < -0.3 is 9.36 Å². The molecule has 28 heavy (non-hydrogen) atoms. The molecule has 0 unspecified atom stereocenters. The van der Waals surface area contributed by atoms with E-state index in [0.717, 1.165) is 42.6 Å². The second-order valence-corrected chi connectivity index (χ2v) is 8.34. The summed E-state index contributed by atoms with van der Waals surface area (Å²) in [6.45, 7) is 16.6. The number of hydrogen-bond acceptors (Lipinski definition) is 5. The van der Waals surface area contributed by atoms with E-state index in [1.165, 1.54) is 16.7 Å². The Bertz CT molecular complexity index is 928. The molecule has 0 aliphatic heterocycles. The normalized spacial score (nSPS) is 15.8. The van der Waals surface area contributed by atoms with Crippen molar-refractivity contribution in [2.75, 3.05) is 0 Å². The summed E-state index contributed by atoms with van der Waals surface area (Å²) >= 11 is 0. The van der Waals surface area contributed by atoms with Crippen molar-refractivity contribution in [3.8, 4) is 0 Å². The van der Waals surface area contributed by atoms with E-state index in [9.17, 15) is 0 Å². The predicted molar refractivity (Wildman–Crippen MR) is 113 cm³/mol. The number of fused-ring (bicyclic) bond motifs is 1. The minimum Gasteiger partial charge on any atom is -0.389 e. The molecule has 0 fully saturated rings. The molecule has 2 aromatic rings. The first kappa shape index (κ1) is 20.1. The van der Waals surface area contributed by atoms with E-state index in [1.54, 1.807) is 0 Å². The van der Waals surface area contributed by atoms with Crippen molar-refractivity contribution in [3.63, 3.8) is 0 Å². The van der Waals surface area contributed by atoms with Gasteiger partial charge in [-0.25, -0.2) is 4.99 Å². The van der Waals surface area contributed by atoms with E-state index in [-0.39, 0.29) is 11.3 Å². The van der Waals surface area contributed by atoms with Gasteiger partial charge in [-0.05, 0) is 67.3 Å². The van der Waals surface area contributed by atoms with Gasteiger partial charge in [0.15, 0.2) is 5.69 Å². The third-order valence-electron chi connectivity index (χ3n) is 5.49. The standard InChI is InChI=1S/C23H29N3O2/c1-7-8-18-14(2)11-17(12-15(18)3)16(4)25-22(27-24)21-19-9-10-23(5,6)13-20(19)28-26-21/h7,11-12H,1,4,8-10,13,24H2,2-3,5-6H3/b25-22-. The molecule has 3 rings (SSSR count). The first-order valence-electron chi connectivity index (χ1n) is 9.59. The molecule has 1 aromatic carbocycles. The number of aryl methyl sites for hydroxylation is 2. The Labute approximate surface area is 166 Å². The van der Waals surface area contributed by atoms with Gasteiger partial charge in [0.25, 0.3) is 5.90 Å². The van der Waals surface area contributed by atoms with Crippen molar-refractivity contribution < 1.29 is 9.36 Å². The van der Waals surface area contributed by atoms with E-state index in [0.29, 0.717) is 11.4 Å². The number of nitrogens with zero attached hydrogens (tertiary/aromatic N) is 2. The molecular formula is C23H29N3O2. The van der Waals surface area contributed by atoms with E-state index >= 15 is 0 Å². The maximum absolute atomic E-state index is 5.57. The number of rotatable bonds is 5. The van der Waals surface area contributed by atoms with E-state index in [4.69, 9.17) is 15.3 Å². The van der Waals surface area contributed by atoms with Crippen LogP contribution in [0.2, 0.25) is 0 Å². The minimum atomic E-state index is 0.205. The summed E-state index contributed by atoms with van der Waals surface area (Å²) in [5, 5.41) is 4.19. The van der Waals surface area contributed by atoms with Crippen molar-refractivity contribution in [1.82, 2.24) is 5.16 Å². The van der Waals surface area contributed by atoms with Gasteiger partial charge in [0.05, 0.1) is 5.70 Å². The zero-order chi connectivity index (χ0) is 20.5. The largest absolute Gasteiger partial charge is 0.389 e. The molecule has 0 radical (unpaired) electrons. The van der Waals surface area contributed by atoms with Gasteiger partial charge in [0, 0.05) is 17.5 Å². The third kappa shape index (κ3) is 3.94. The highest BCUT2D eigenvalue weighted by Gasteiger charge is 2.32. The molecule has 0 saturated carbocycles. The Morgan fingerprint density at radius 3 is 2.64 bits per heavy atom. The van der Waals surface area contributed by atoms with Crippen molar-refractivity contribution >= 4 is 11.6 Å². The lowest BCUT2D eigenvalue weighted by Gasteiger charge is -2.27. The summed E-state index contributed by atoms with van der Waals surface area (Å²) < 4.78 is 5.57. The van der Waals surface area contributed by atoms with Crippen LogP contribution in [0.15, 0.2) is 40.9 Å². The zero-order valence-corrected chi connectivity index (χ0v) is 17.3. The second-order valence-electron chi connectivity index (χ2n) is 8.34. The molecule has 1 heterocycles. The van der Waals surface area contributed by atoms with Gasteiger partial charge in [-0.15, -0.1) is 6.58 Å². The molecule has 0 amide bonds. The summed E-state index contributed by atoms with van der Waals surface area (Å²) in [6, 6.07) is 4.15. The van der Waals surface area contributed by atoms with Crippen molar-refractivity contribution in [1.29, 1.82) is 0 Å². The van der Waals surface area contributed by atoms with E-state index in [1.807, 2.05) is 6.08 Å². The molecule has 0 saturated heterocycles. The molecule has 148 valence electrons. The smallest absolute Gasteiger partial charge is 0.267 e. The highest BCUT2D eigenvalue weighted by Crippen LogP contribution is 2.36. The molecule has 1 aromatic heterocycles. The summed E-state index contributed by atoms with van der Waals surface area (Å²) in [7, 11) is 0. The summed E-state index contributed by atoms with van der Waals surface area (Å²) in [5.41, 5.74) is 6.96. The van der Waals surface area contributed by atoms with Crippen LogP contribution in [0.4, 0.5) is 0 Å². The Hall–Kier alpha value is -2.66. The van der Waals surface area contributed by atoms with E-state index in [2.05, 4.69) is 63.1 Å².